The molecule has 3 N–H and O–H groups in total. The molecule has 1 aromatic carbocycles. The third-order valence-electron chi connectivity index (χ3n) is 1.27. The second-order valence-electron chi connectivity index (χ2n) is 1.95. The van der Waals surface area contributed by atoms with Crippen LogP contribution in [-0.2, 0) is 26.6 Å². The van der Waals surface area contributed by atoms with Crippen molar-refractivity contribution in [3.8, 4) is 5.75 Å². The summed E-state index contributed by atoms with van der Waals surface area (Å²) in [5, 5.41) is 8.64. The van der Waals surface area contributed by atoms with Crippen molar-refractivity contribution in [2.45, 2.75) is 0 Å². The molecule has 0 unspecified atom stereocenters. The van der Waals surface area contributed by atoms with E-state index in [4.69, 9.17) is 7.75 Å². The van der Waals surface area contributed by atoms with Crippen LogP contribution >= 0.6 is 0 Å². The minimum absolute atomic E-state index is 0. The van der Waals surface area contributed by atoms with E-state index in [1.165, 1.54) is 6.07 Å². The number of aromatic carboxylic acids is 1. The van der Waals surface area contributed by atoms with Crippen molar-refractivity contribution in [3.63, 3.8) is 0 Å². The Morgan fingerprint density at radius 2 is 2.00 bits per heavy atom. The van der Waals surface area contributed by atoms with Crippen molar-refractivity contribution in [1.82, 2.24) is 0 Å². The van der Waals surface area contributed by atoms with E-state index in [9.17, 15) is 4.79 Å². The molecule has 0 bridgehead atoms. The van der Waals surface area contributed by atoms with Gasteiger partial charge in [-0.15, -0.1) is 0 Å². The molecule has 0 fully saturated rings. The molecule has 0 aliphatic rings. The van der Waals surface area contributed by atoms with Crippen LogP contribution in [0.1, 0.15) is 10.4 Å². The van der Waals surface area contributed by atoms with Crippen LogP contribution in [0.5, 0.6) is 5.75 Å². The zero-order valence-corrected chi connectivity index (χ0v) is 11.8. The van der Waals surface area contributed by atoms with Crippen LogP contribution in [0.3, 0.4) is 0 Å². The molecule has 0 aliphatic carbocycles. The van der Waals surface area contributed by atoms with E-state index in [-0.39, 0.29) is 37.6 Å². The van der Waals surface area contributed by atoms with Crippen LogP contribution in [0.15, 0.2) is 24.3 Å². The number of carboxylic acid groups (broad SMARTS) is 1. The molecule has 12 heavy (non-hydrogen) atoms. The first kappa shape index (κ1) is 11.4. The molecule has 0 aromatic heterocycles. The van der Waals surface area contributed by atoms with E-state index in [0.29, 0.717) is 5.75 Å². The summed E-state index contributed by atoms with van der Waals surface area (Å²) in [6.07, 6.45) is 0. The molecule has 5 heteroatoms. The van der Waals surface area contributed by atoms with E-state index in [2.05, 4.69) is 0 Å². The van der Waals surface area contributed by atoms with Crippen molar-refractivity contribution in [2.24, 2.45) is 0 Å². The predicted molar refractivity (Wildman–Crippen MR) is 37.6 cm³/mol. The molecule has 1 aromatic rings. The number of benzene rings is 1. The van der Waals surface area contributed by atoms with Gasteiger partial charge in [0, 0.05) is 0 Å². The molecule has 0 amide bonds. The number of carbonyl (C=O) groups is 1. The Hall–Kier alpha value is -0.615. The van der Waals surface area contributed by atoms with E-state index >= 15 is 0 Å². The number of rotatable bonds is 2. The molecule has 4 nitrogen and oxygen atoms in total. The van der Waals surface area contributed by atoms with Gasteiger partial charge in [-0.05, 0) is 0 Å². The Kier molecular flexibility index (Phi) is 4.84. The van der Waals surface area contributed by atoms with Crippen LogP contribution < -0.4 is 2.64 Å². The van der Waals surface area contributed by atoms with Crippen molar-refractivity contribution < 1.29 is 44.6 Å². The quantitative estimate of drug-likeness (QED) is 0.780. The Labute approximate surface area is 86.1 Å². The molecule has 0 radical (unpaired) electrons. The van der Waals surface area contributed by atoms with Gasteiger partial charge >= 0.3 is 80.7 Å². The molecule has 61 valence electrons. The fourth-order valence-electron chi connectivity index (χ4n) is 0.769. The standard InChI is InChI=1S/C7H6O3.Hg.H2O/c8-6-4-2-1-3-5(6)7(9)10;;/h1-4,8H,(H,9,10);;1H2/q;+1;/p-1. The van der Waals surface area contributed by atoms with Gasteiger partial charge in [0.05, 0.1) is 0 Å². The normalized spacial score (nSPS) is 8.50. The van der Waals surface area contributed by atoms with E-state index in [1.54, 1.807) is 18.2 Å². The molecule has 0 atom stereocenters. The summed E-state index contributed by atoms with van der Waals surface area (Å²) < 4.78 is 5.02. The third-order valence-corrected chi connectivity index (χ3v) is 2.48. The van der Waals surface area contributed by atoms with Gasteiger partial charge in [0.15, 0.2) is 0 Å². The van der Waals surface area contributed by atoms with Gasteiger partial charge in [0.2, 0.25) is 0 Å². The van der Waals surface area contributed by atoms with Gasteiger partial charge in [-0.3, -0.25) is 0 Å². The SMILES string of the molecule is O.O=C(O)c1ccccc1[O][Hg]. The van der Waals surface area contributed by atoms with Crippen LogP contribution in [-0.4, -0.2) is 16.6 Å². The van der Waals surface area contributed by atoms with Gasteiger partial charge in [0.1, 0.15) is 0 Å². The molecular weight excluding hydrogens is 349 g/mol. The first-order valence-corrected chi connectivity index (χ1v) is 5.24. The van der Waals surface area contributed by atoms with Crippen LogP contribution in [0.2, 0.25) is 0 Å². The second-order valence-corrected chi connectivity index (χ2v) is 3.07. The fourth-order valence-corrected chi connectivity index (χ4v) is 1.75. The number of carboxylic acids is 1. The fraction of sp³-hybridized carbons (Fsp3) is 0. The molecule has 0 spiro atoms. The number of hydrogen-bond donors (Lipinski definition) is 1. The summed E-state index contributed by atoms with van der Waals surface area (Å²) in [6.45, 7) is 0. The van der Waals surface area contributed by atoms with Crippen molar-refractivity contribution >= 4 is 5.97 Å². The summed E-state index contributed by atoms with van der Waals surface area (Å²) in [4.78, 5) is 10.5. The summed E-state index contributed by atoms with van der Waals surface area (Å²) in [7, 11) is 0. The van der Waals surface area contributed by atoms with E-state index in [0.717, 1.165) is 0 Å². The molecular formula is C7H7HgO4. The van der Waals surface area contributed by atoms with Gasteiger partial charge in [0.25, 0.3) is 0 Å². The monoisotopic (exact) mass is 357 g/mol. The van der Waals surface area contributed by atoms with Crippen LogP contribution in [0.25, 0.3) is 0 Å². The third kappa shape index (κ3) is 2.46. The number of para-hydroxylation sites is 1. The van der Waals surface area contributed by atoms with Crippen molar-refractivity contribution in [2.75, 3.05) is 0 Å². The molecule has 0 saturated carbocycles. The number of hydrogen-bond acceptors (Lipinski definition) is 2. The average molecular weight is 356 g/mol. The Balaban J connectivity index is 0.00000121. The first-order chi connectivity index (χ1) is 5.25. The zero-order chi connectivity index (χ0) is 8.27. The second kappa shape index (κ2) is 5.11. The van der Waals surface area contributed by atoms with Crippen LogP contribution in [0.4, 0.5) is 0 Å². The molecule has 0 saturated heterocycles. The molecule has 0 heterocycles. The average Bonchev–Trinajstić information content (AvgIpc) is 2.04. The van der Waals surface area contributed by atoms with Gasteiger partial charge in [-0.1, -0.05) is 0 Å². The molecule has 0 aliphatic heterocycles. The zero-order valence-electron chi connectivity index (χ0n) is 6.28. The van der Waals surface area contributed by atoms with Gasteiger partial charge in [-0.2, -0.15) is 0 Å². The van der Waals surface area contributed by atoms with Crippen molar-refractivity contribution in [1.29, 1.82) is 0 Å². The maximum absolute atomic E-state index is 10.5. The Morgan fingerprint density at radius 3 is 2.42 bits per heavy atom. The summed E-state index contributed by atoms with van der Waals surface area (Å²) in [6, 6.07) is 6.63. The Morgan fingerprint density at radius 1 is 1.42 bits per heavy atom. The summed E-state index contributed by atoms with van der Waals surface area (Å²) >= 11 is 0.132. The minimum atomic E-state index is -0.939. The van der Waals surface area contributed by atoms with Crippen LogP contribution in [0, 0.1) is 0 Å². The summed E-state index contributed by atoms with van der Waals surface area (Å²) in [5.41, 5.74) is 0.238. The Bertz CT molecular complexity index is 274. The van der Waals surface area contributed by atoms with Gasteiger partial charge in [-0.25, -0.2) is 0 Å². The topological polar surface area (TPSA) is 78.0 Å². The maximum atomic E-state index is 10.5. The summed E-state index contributed by atoms with van der Waals surface area (Å²) in [5.74, 6) is -0.464. The molecule has 1 rings (SSSR count). The van der Waals surface area contributed by atoms with E-state index < -0.39 is 5.97 Å². The predicted octanol–water partition coefficient (Wildman–Crippen LogP) is 0.401. The van der Waals surface area contributed by atoms with Crippen molar-refractivity contribution in [3.05, 3.63) is 29.8 Å². The van der Waals surface area contributed by atoms with Gasteiger partial charge < -0.3 is 5.48 Å². The van der Waals surface area contributed by atoms with E-state index in [1.807, 2.05) is 0 Å². The first-order valence-electron chi connectivity index (χ1n) is 3.00.